The number of rotatable bonds is 4. The molecule has 3 aromatic rings. The zero-order chi connectivity index (χ0) is 12.4. The second-order valence-electron chi connectivity index (χ2n) is 3.90. The summed E-state index contributed by atoms with van der Waals surface area (Å²) >= 11 is 0. The number of ether oxygens (including phenoxy) is 1. The molecule has 0 aliphatic carbocycles. The van der Waals surface area contributed by atoms with Crippen LogP contribution in [-0.2, 0) is 6.54 Å². The average molecular weight is 243 g/mol. The first-order valence-electron chi connectivity index (χ1n) is 5.66. The number of fused-ring (bicyclic) bond motifs is 1. The molecule has 0 saturated heterocycles. The van der Waals surface area contributed by atoms with Crippen molar-refractivity contribution in [1.82, 2.24) is 19.2 Å². The van der Waals surface area contributed by atoms with Crippen LogP contribution >= 0.6 is 0 Å². The van der Waals surface area contributed by atoms with E-state index < -0.39 is 0 Å². The molecule has 0 saturated carbocycles. The summed E-state index contributed by atoms with van der Waals surface area (Å²) < 4.78 is 9.24. The van der Waals surface area contributed by atoms with Gasteiger partial charge in [-0.1, -0.05) is 6.07 Å². The van der Waals surface area contributed by atoms with Gasteiger partial charge in [0.1, 0.15) is 12.3 Å². The molecule has 0 aliphatic rings. The predicted octanol–water partition coefficient (Wildman–Crippen LogP) is 1.19. The second kappa shape index (κ2) is 4.40. The van der Waals surface area contributed by atoms with Crippen molar-refractivity contribution in [3.8, 4) is 5.88 Å². The van der Waals surface area contributed by atoms with Crippen molar-refractivity contribution < 1.29 is 4.74 Å². The van der Waals surface area contributed by atoms with Crippen molar-refractivity contribution in [2.45, 2.75) is 6.54 Å². The monoisotopic (exact) mass is 243 g/mol. The number of anilines is 1. The second-order valence-corrected chi connectivity index (χ2v) is 3.90. The molecular weight excluding hydrogens is 230 g/mol. The first-order valence-corrected chi connectivity index (χ1v) is 5.66. The average Bonchev–Trinajstić information content (AvgIpc) is 3.00. The Balaban J connectivity index is 1.73. The van der Waals surface area contributed by atoms with E-state index in [9.17, 15) is 0 Å². The van der Waals surface area contributed by atoms with Gasteiger partial charge in [-0.05, 0) is 12.1 Å². The lowest BCUT2D eigenvalue weighted by Crippen LogP contribution is -2.07. The van der Waals surface area contributed by atoms with Gasteiger partial charge in [0, 0.05) is 18.6 Å². The molecule has 0 aromatic carbocycles. The van der Waals surface area contributed by atoms with E-state index in [0.29, 0.717) is 24.7 Å². The largest absolute Gasteiger partial charge is 0.473 e. The number of nitrogens with two attached hydrogens (primary N) is 1. The van der Waals surface area contributed by atoms with Crippen molar-refractivity contribution in [3.05, 3.63) is 43.1 Å². The van der Waals surface area contributed by atoms with Gasteiger partial charge in [-0.3, -0.25) is 0 Å². The molecule has 0 atom stereocenters. The first kappa shape index (κ1) is 10.6. The standard InChI is InChI=1S/C12H13N5O/c13-11-10-3-1-2-5-17(10)15-12(11)18-8-7-16-6-4-14-9-16/h1-6,9H,7-8,13H2. The van der Waals surface area contributed by atoms with Crippen LogP contribution in [0.1, 0.15) is 0 Å². The van der Waals surface area contributed by atoms with Crippen LogP contribution in [-0.4, -0.2) is 25.8 Å². The van der Waals surface area contributed by atoms with E-state index in [0.717, 1.165) is 5.52 Å². The number of pyridine rings is 1. The van der Waals surface area contributed by atoms with E-state index in [4.69, 9.17) is 10.5 Å². The maximum Gasteiger partial charge on any atom is 0.257 e. The molecule has 0 aliphatic heterocycles. The lowest BCUT2D eigenvalue weighted by molar-refractivity contribution is 0.287. The van der Waals surface area contributed by atoms with E-state index in [-0.39, 0.29) is 0 Å². The molecule has 3 aromatic heterocycles. The first-order chi connectivity index (χ1) is 8.84. The summed E-state index contributed by atoms with van der Waals surface area (Å²) in [6, 6.07) is 5.72. The smallest absolute Gasteiger partial charge is 0.257 e. The number of nitrogen functional groups attached to an aromatic ring is 1. The molecule has 0 fully saturated rings. The molecular formula is C12H13N5O. The lowest BCUT2D eigenvalue weighted by Gasteiger charge is -2.03. The summed E-state index contributed by atoms with van der Waals surface area (Å²) in [5, 5.41) is 4.28. The molecule has 2 N–H and O–H groups in total. The quantitative estimate of drug-likeness (QED) is 0.747. The summed E-state index contributed by atoms with van der Waals surface area (Å²) in [5.74, 6) is 0.473. The van der Waals surface area contributed by atoms with Gasteiger partial charge in [0.15, 0.2) is 0 Å². The predicted molar refractivity (Wildman–Crippen MR) is 67.3 cm³/mol. The van der Waals surface area contributed by atoms with Crippen LogP contribution in [0.2, 0.25) is 0 Å². The van der Waals surface area contributed by atoms with Crippen LogP contribution in [0.3, 0.4) is 0 Å². The van der Waals surface area contributed by atoms with E-state index in [2.05, 4.69) is 10.1 Å². The van der Waals surface area contributed by atoms with Gasteiger partial charge in [-0.15, -0.1) is 5.10 Å². The highest BCUT2D eigenvalue weighted by atomic mass is 16.5. The van der Waals surface area contributed by atoms with Crippen molar-refractivity contribution in [3.63, 3.8) is 0 Å². The summed E-state index contributed by atoms with van der Waals surface area (Å²) in [6.07, 6.45) is 7.21. The molecule has 3 rings (SSSR count). The molecule has 0 bridgehead atoms. The van der Waals surface area contributed by atoms with E-state index >= 15 is 0 Å². The van der Waals surface area contributed by atoms with Crippen LogP contribution in [0.4, 0.5) is 5.69 Å². The fraction of sp³-hybridized carbons (Fsp3) is 0.167. The van der Waals surface area contributed by atoms with Crippen molar-refractivity contribution in [1.29, 1.82) is 0 Å². The van der Waals surface area contributed by atoms with Gasteiger partial charge in [-0.25, -0.2) is 9.50 Å². The SMILES string of the molecule is Nc1c(OCCn2ccnc2)nn2ccccc12. The minimum absolute atomic E-state index is 0.473. The van der Waals surface area contributed by atoms with Gasteiger partial charge in [0.25, 0.3) is 5.88 Å². The Morgan fingerprint density at radius 3 is 3.00 bits per heavy atom. The van der Waals surface area contributed by atoms with Crippen molar-refractivity contribution in [2.75, 3.05) is 12.3 Å². The molecule has 0 spiro atoms. The van der Waals surface area contributed by atoms with Gasteiger partial charge < -0.3 is 15.0 Å². The van der Waals surface area contributed by atoms with Crippen molar-refractivity contribution >= 4 is 11.2 Å². The molecule has 0 unspecified atom stereocenters. The number of imidazole rings is 1. The van der Waals surface area contributed by atoms with Gasteiger partial charge >= 0.3 is 0 Å². The molecule has 6 nitrogen and oxygen atoms in total. The zero-order valence-corrected chi connectivity index (χ0v) is 9.73. The third kappa shape index (κ3) is 1.88. The highest BCUT2D eigenvalue weighted by Crippen LogP contribution is 2.24. The minimum atomic E-state index is 0.473. The molecule has 0 amide bonds. The number of hydrogen-bond donors (Lipinski definition) is 1. The van der Waals surface area contributed by atoms with Crippen LogP contribution in [0.15, 0.2) is 43.1 Å². The Kier molecular flexibility index (Phi) is 2.60. The summed E-state index contributed by atoms with van der Waals surface area (Å²) in [4.78, 5) is 3.96. The Hall–Kier alpha value is -2.50. The minimum Gasteiger partial charge on any atom is -0.473 e. The van der Waals surface area contributed by atoms with E-state index in [1.807, 2.05) is 35.2 Å². The summed E-state index contributed by atoms with van der Waals surface area (Å²) in [5.41, 5.74) is 7.40. The van der Waals surface area contributed by atoms with Gasteiger partial charge in [0.05, 0.1) is 18.4 Å². The third-order valence-corrected chi connectivity index (χ3v) is 2.69. The maximum absolute atomic E-state index is 5.97. The Bertz CT molecular complexity index is 644. The van der Waals surface area contributed by atoms with E-state index in [1.165, 1.54) is 0 Å². The highest BCUT2D eigenvalue weighted by Gasteiger charge is 2.09. The maximum atomic E-state index is 5.97. The third-order valence-electron chi connectivity index (χ3n) is 2.69. The number of hydrogen-bond acceptors (Lipinski definition) is 4. The molecule has 18 heavy (non-hydrogen) atoms. The molecule has 0 radical (unpaired) electrons. The molecule has 92 valence electrons. The van der Waals surface area contributed by atoms with Gasteiger partial charge in [-0.2, -0.15) is 0 Å². The highest BCUT2D eigenvalue weighted by molar-refractivity contribution is 5.74. The Morgan fingerprint density at radius 1 is 1.28 bits per heavy atom. The fourth-order valence-corrected chi connectivity index (χ4v) is 1.77. The molecule has 3 heterocycles. The fourth-order valence-electron chi connectivity index (χ4n) is 1.77. The summed E-state index contributed by atoms with van der Waals surface area (Å²) in [6.45, 7) is 1.22. The topological polar surface area (TPSA) is 70.4 Å². The number of nitrogens with zero attached hydrogens (tertiary/aromatic N) is 4. The van der Waals surface area contributed by atoms with Gasteiger partial charge in [0.2, 0.25) is 0 Å². The summed E-state index contributed by atoms with van der Waals surface area (Å²) in [7, 11) is 0. The van der Waals surface area contributed by atoms with Crippen LogP contribution in [0.5, 0.6) is 5.88 Å². The van der Waals surface area contributed by atoms with Crippen molar-refractivity contribution in [2.24, 2.45) is 0 Å². The van der Waals surface area contributed by atoms with Crippen LogP contribution in [0.25, 0.3) is 5.52 Å². The number of aromatic nitrogens is 4. The normalized spacial score (nSPS) is 10.9. The van der Waals surface area contributed by atoms with Crippen LogP contribution < -0.4 is 10.5 Å². The molecule has 6 heteroatoms. The van der Waals surface area contributed by atoms with E-state index in [1.54, 1.807) is 17.0 Å². The Morgan fingerprint density at radius 2 is 2.22 bits per heavy atom. The van der Waals surface area contributed by atoms with Crippen LogP contribution in [0, 0.1) is 0 Å². The zero-order valence-electron chi connectivity index (χ0n) is 9.73. The lowest BCUT2D eigenvalue weighted by atomic mass is 10.4. The Labute approximate surface area is 104 Å².